The lowest BCUT2D eigenvalue weighted by atomic mass is 10.0. The van der Waals surface area contributed by atoms with Gasteiger partial charge in [0.1, 0.15) is 5.58 Å². The Hall–Kier alpha value is -4.34. The fraction of sp³-hybridized carbons (Fsp3) is 0.343. The molecule has 4 aromatic rings. The Balaban J connectivity index is 0.00000139. The summed E-state index contributed by atoms with van der Waals surface area (Å²) in [6.07, 6.45) is 1.71. The molecule has 2 fully saturated rings. The number of fused-ring (bicyclic) bond motifs is 1. The molecule has 0 atom stereocenters. The Morgan fingerprint density at radius 2 is 1.53 bits per heavy atom. The zero-order valence-electron chi connectivity index (χ0n) is 26.1. The Bertz CT molecular complexity index is 1800. The molecule has 0 saturated carbocycles. The van der Waals surface area contributed by atoms with Crippen molar-refractivity contribution < 1.29 is 22.4 Å². The molecule has 0 radical (unpaired) electrons. The van der Waals surface area contributed by atoms with Crippen molar-refractivity contribution in [3.05, 3.63) is 105 Å². The number of nitrogens with zero attached hydrogens (tertiary/aromatic N) is 4. The smallest absolute Gasteiger partial charge is 0.335 e. The number of halogens is 1. The summed E-state index contributed by atoms with van der Waals surface area (Å²) < 4.78 is 22.5. The molecule has 0 unspecified atom stereocenters. The van der Waals surface area contributed by atoms with Crippen LogP contribution < -0.4 is 5.32 Å². The van der Waals surface area contributed by atoms with E-state index in [2.05, 4.69) is 27.3 Å². The van der Waals surface area contributed by atoms with E-state index in [4.69, 9.17) is 29.7 Å². The van der Waals surface area contributed by atoms with E-state index < -0.39 is 11.6 Å². The lowest BCUT2D eigenvalue weighted by molar-refractivity contribution is 0.0628. The molecule has 10 nitrogen and oxygen atoms in total. The second-order valence-corrected chi connectivity index (χ2v) is 12.5. The Morgan fingerprint density at radius 3 is 2.19 bits per heavy atom. The van der Waals surface area contributed by atoms with E-state index >= 15 is 0 Å². The number of furan rings is 1. The highest BCUT2D eigenvalue weighted by Crippen LogP contribution is 2.24. The van der Waals surface area contributed by atoms with Crippen LogP contribution in [0.2, 0.25) is 5.02 Å². The first-order chi connectivity index (χ1) is 22.8. The highest BCUT2D eigenvalue weighted by molar-refractivity contribution is 7.51. The Labute approximate surface area is 282 Å². The van der Waals surface area contributed by atoms with E-state index in [1.54, 1.807) is 18.2 Å². The number of hydrogen-bond donors (Lipinski definition) is 1. The third kappa shape index (κ3) is 8.93. The predicted molar refractivity (Wildman–Crippen MR) is 179 cm³/mol. The molecule has 1 N–H and O–H groups in total. The fourth-order valence-corrected chi connectivity index (χ4v) is 6.21. The fourth-order valence-electron chi connectivity index (χ4n) is 6.01. The van der Waals surface area contributed by atoms with E-state index in [1.165, 1.54) is 11.1 Å². The van der Waals surface area contributed by atoms with Gasteiger partial charge < -0.3 is 14.6 Å². The van der Waals surface area contributed by atoms with Crippen LogP contribution in [0.25, 0.3) is 11.0 Å². The van der Waals surface area contributed by atoms with Crippen molar-refractivity contribution in [2.24, 2.45) is 0 Å². The van der Waals surface area contributed by atoms with Gasteiger partial charge in [0.05, 0.1) is 11.6 Å². The van der Waals surface area contributed by atoms with Crippen molar-refractivity contribution in [3.63, 3.8) is 0 Å². The van der Waals surface area contributed by atoms with Gasteiger partial charge in [-0.2, -0.15) is 13.7 Å². The van der Waals surface area contributed by atoms with Crippen molar-refractivity contribution in [1.82, 2.24) is 20.0 Å². The van der Waals surface area contributed by atoms with Crippen LogP contribution in [-0.4, -0.2) is 80.2 Å². The molecule has 2 aliphatic heterocycles. The number of carbonyl (C=O) groups is 2. The van der Waals surface area contributed by atoms with Crippen LogP contribution in [0.3, 0.4) is 0 Å². The van der Waals surface area contributed by atoms with E-state index in [1.807, 2.05) is 54.3 Å². The van der Waals surface area contributed by atoms with E-state index in [9.17, 15) is 9.59 Å². The molecule has 2 aliphatic rings. The van der Waals surface area contributed by atoms with E-state index in [0.29, 0.717) is 29.8 Å². The summed E-state index contributed by atoms with van der Waals surface area (Å²) in [7, 11) is 0. The summed E-state index contributed by atoms with van der Waals surface area (Å²) in [5.41, 5.74) is 5.28. The van der Waals surface area contributed by atoms with Gasteiger partial charge in [-0.3, -0.25) is 19.4 Å². The monoisotopic (exact) mass is 673 g/mol. The number of carbonyl (C=O) groups excluding carboxylic acids is 2. The number of rotatable bonds is 7. The zero-order valence-corrected chi connectivity index (χ0v) is 27.7. The number of aryl methyl sites for hydroxylation is 1. The first-order valence-electron chi connectivity index (χ1n) is 15.5. The third-order valence-electron chi connectivity index (χ3n) is 8.70. The zero-order chi connectivity index (χ0) is 33.3. The SMILES string of the molecule is Cc1ccc(CN2CCN(C(=O)c3ccc4oc(C(=O)NC5CCN(Cc6ccc(C#N)cc6)CC5)cc4c3)CC2)cc1Cl.O=S=O. The van der Waals surface area contributed by atoms with Gasteiger partial charge in [0.25, 0.3) is 11.8 Å². The van der Waals surface area contributed by atoms with Gasteiger partial charge in [-0.15, -0.1) is 0 Å². The molecule has 2 amide bonds. The van der Waals surface area contributed by atoms with Crippen LogP contribution >= 0.6 is 11.6 Å². The third-order valence-corrected chi connectivity index (χ3v) is 9.11. The first kappa shape index (κ1) is 34.0. The molecule has 0 aliphatic carbocycles. The molecule has 6 rings (SSSR count). The molecule has 47 heavy (non-hydrogen) atoms. The molecule has 12 heteroatoms. The van der Waals surface area contributed by atoms with Crippen LogP contribution in [0.5, 0.6) is 0 Å². The lowest BCUT2D eigenvalue weighted by Crippen LogP contribution is -2.48. The number of amides is 2. The summed E-state index contributed by atoms with van der Waals surface area (Å²) in [5.74, 6) is 0.0185. The highest BCUT2D eigenvalue weighted by Gasteiger charge is 2.25. The van der Waals surface area contributed by atoms with E-state index in [-0.39, 0.29) is 23.6 Å². The van der Waals surface area contributed by atoms with Crippen LogP contribution in [0.4, 0.5) is 0 Å². The van der Waals surface area contributed by atoms with Crippen molar-refractivity contribution in [3.8, 4) is 6.07 Å². The summed E-state index contributed by atoms with van der Waals surface area (Å²) in [6.45, 7) is 8.30. The highest BCUT2D eigenvalue weighted by atomic mass is 35.5. The number of hydrogen-bond acceptors (Lipinski definition) is 8. The van der Waals surface area contributed by atoms with Crippen LogP contribution in [0.1, 0.15) is 56.0 Å². The van der Waals surface area contributed by atoms with Gasteiger partial charge >= 0.3 is 11.6 Å². The summed E-state index contributed by atoms with van der Waals surface area (Å²) in [6, 6.07) is 23.2. The first-order valence-corrected chi connectivity index (χ1v) is 16.5. The molecule has 244 valence electrons. The minimum atomic E-state index is -0.750. The van der Waals surface area contributed by atoms with Crippen molar-refractivity contribution in [2.45, 2.75) is 38.9 Å². The van der Waals surface area contributed by atoms with Gasteiger partial charge in [-0.25, -0.2) is 0 Å². The molecular weight excluding hydrogens is 638 g/mol. The number of piperazine rings is 1. The summed E-state index contributed by atoms with van der Waals surface area (Å²) in [4.78, 5) is 33.0. The molecule has 0 spiro atoms. The minimum absolute atomic E-state index is 0.00935. The summed E-state index contributed by atoms with van der Waals surface area (Å²) >= 11 is 5.54. The molecule has 2 saturated heterocycles. The number of nitrogens with one attached hydrogen (secondary N) is 1. The van der Waals surface area contributed by atoms with Crippen LogP contribution in [0.15, 0.2) is 71.1 Å². The van der Waals surface area contributed by atoms with Gasteiger partial charge in [-0.05, 0) is 78.9 Å². The average Bonchev–Trinajstić information content (AvgIpc) is 3.52. The van der Waals surface area contributed by atoms with Gasteiger partial charge in [0, 0.05) is 74.4 Å². The van der Waals surface area contributed by atoms with Crippen LogP contribution in [0, 0.1) is 18.3 Å². The number of likely N-dealkylation sites (tertiary alicyclic amines) is 1. The lowest BCUT2D eigenvalue weighted by Gasteiger charge is -2.34. The maximum absolute atomic E-state index is 13.3. The van der Waals surface area contributed by atoms with Gasteiger partial charge in [0.15, 0.2) is 5.76 Å². The Kier molecular flexibility index (Phi) is 11.6. The maximum atomic E-state index is 13.3. The van der Waals surface area contributed by atoms with E-state index in [0.717, 1.165) is 68.1 Å². The Morgan fingerprint density at radius 1 is 0.894 bits per heavy atom. The average molecular weight is 674 g/mol. The maximum Gasteiger partial charge on any atom is 0.335 e. The van der Waals surface area contributed by atoms with Gasteiger partial charge in [0.2, 0.25) is 0 Å². The predicted octanol–water partition coefficient (Wildman–Crippen LogP) is 4.95. The second-order valence-electron chi connectivity index (χ2n) is 11.9. The topological polar surface area (TPSA) is 127 Å². The van der Waals surface area contributed by atoms with Crippen molar-refractivity contribution in [1.29, 1.82) is 5.26 Å². The van der Waals surface area contributed by atoms with Crippen LogP contribution in [-0.2, 0) is 24.7 Å². The molecule has 1 aromatic heterocycles. The standard InChI is InChI=1S/C35H36ClN5O3.O2S/c1-24-2-3-27(18-31(24)36)23-40-14-16-41(17-15-40)35(43)28-8-9-32-29(19-28)20-33(44-32)34(42)38-30-10-12-39(13-11-30)22-26-6-4-25(21-37)5-7-26;1-3-2/h2-9,18-20,30H,10-17,22-23H2,1H3,(H,38,42);. The normalized spacial score (nSPS) is 15.8. The van der Waals surface area contributed by atoms with Crippen molar-refractivity contribution >= 4 is 46.0 Å². The largest absolute Gasteiger partial charge is 0.451 e. The number of piperidine rings is 1. The quantitative estimate of drug-likeness (QED) is 0.292. The second kappa shape index (κ2) is 16.0. The minimum Gasteiger partial charge on any atom is -0.451 e. The molecular formula is C35H36ClN5O5S. The van der Waals surface area contributed by atoms with Gasteiger partial charge in [-0.1, -0.05) is 35.9 Å². The molecule has 0 bridgehead atoms. The molecule has 3 heterocycles. The number of benzene rings is 3. The molecule has 3 aromatic carbocycles. The number of nitriles is 1. The summed E-state index contributed by atoms with van der Waals surface area (Å²) in [5, 5.41) is 13.6. The van der Waals surface area contributed by atoms with Crippen molar-refractivity contribution in [2.75, 3.05) is 39.3 Å².